The average molecular weight is 329 g/mol. The van der Waals surface area contributed by atoms with Crippen LogP contribution in [0.2, 0.25) is 0 Å². The van der Waals surface area contributed by atoms with Gasteiger partial charge in [-0.2, -0.15) is 0 Å². The van der Waals surface area contributed by atoms with Gasteiger partial charge in [0.25, 0.3) is 0 Å². The predicted octanol–water partition coefficient (Wildman–Crippen LogP) is 6.87. The van der Waals surface area contributed by atoms with Crippen LogP contribution in [0.3, 0.4) is 0 Å². The Kier molecular flexibility index (Phi) is 5.23. The van der Waals surface area contributed by atoms with E-state index in [0.717, 1.165) is 12.0 Å². The van der Waals surface area contributed by atoms with E-state index in [2.05, 4.69) is 99.0 Å². The Morgan fingerprint density at radius 2 is 1.60 bits per heavy atom. The van der Waals surface area contributed by atoms with Gasteiger partial charge in [0.1, 0.15) is 0 Å². The maximum absolute atomic E-state index is 3.86. The summed E-state index contributed by atoms with van der Waals surface area (Å²) in [6.07, 6.45) is 9.77. The van der Waals surface area contributed by atoms with Crippen molar-refractivity contribution in [2.75, 3.05) is 4.90 Å². The summed E-state index contributed by atoms with van der Waals surface area (Å²) in [6, 6.07) is 18.0. The van der Waals surface area contributed by atoms with Gasteiger partial charge in [-0.15, -0.1) is 0 Å². The van der Waals surface area contributed by atoms with E-state index in [0.29, 0.717) is 12.0 Å². The van der Waals surface area contributed by atoms with E-state index >= 15 is 0 Å². The topological polar surface area (TPSA) is 3.24 Å². The van der Waals surface area contributed by atoms with Gasteiger partial charge in [-0.25, -0.2) is 0 Å². The van der Waals surface area contributed by atoms with Crippen molar-refractivity contribution in [3.63, 3.8) is 0 Å². The molecule has 0 saturated carbocycles. The van der Waals surface area contributed by atoms with Gasteiger partial charge in [-0.1, -0.05) is 74.6 Å². The van der Waals surface area contributed by atoms with Crippen LogP contribution < -0.4 is 4.90 Å². The van der Waals surface area contributed by atoms with E-state index in [1.54, 1.807) is 0 Å². The molecule has 0 N–H and O–H groups in total. The van der Waals surface area contributed by atoms with Crippen molar-refractivity contribution >= 4 is 17.5 Å². The first kappa shape index (κ1) is 17.3. The summed E-state index contributed by atoms with van der Waals surface area (Å²) in [5.41, 5.74) is 6.31. The van der Waals surface area contributed by atoms with Crippen LogP contribution in [0.25, 0.3) is 6.08 Å². The zero-order chi connectivity index (χ0) is 17.8. The monoisotopic (exact) mass is 329 g/mol. The first-order valence-corrected chi connectivity index (χ1v) is 9.05. The van der Waals surface area contributed by atoms with E-state index in [4.69, 9.17) is 0 Å². The standard InChI is InChI=1S/C24H27N/c1-5-20-8-14-23(15-9-20)25(22-12-6-19(4)7-13-22)24-16-10-21(11-17-24)18(2)3/h5-12,14-18,22H,1,13H2,2-4H3. The molecule has 0 spiro atoms. The number of hydrogen-bond acceptors (Lipinski definition) is 1. The lowest BCUT2D eigenvalue weighted by Crippen LogP contribution is -2.30. The van der Waals surface area contributed by atoms with Gasteiger partial charge in [-0.05, 0) is 54.7 Å². The third-order valence-corrected chi connectivity index (χ3v) is 4.84. The summed E-state index contributed by atoms with van der Waals surface area (Å²) in [6.45, 7) is 10.5. The minimum atomic E-state index is 0.336. The van der Waals surface area contributed by atoms with Gasteiger partial charge in [0.05, 0.1) is 6.04 Å². The molecule has 0 fully saturated rings. The van der Waals surface area contributed by atoms with Gasteiger partial charge in [-0.3, -0.25) is 0 Å². The van der Waals surface area contributed by atoms with Gasteiger partial charge >= 0.3 is 0 Å². The Bertz CT molecular complexity index is 776. The van der Waals surface area contributed by atoms with Crippen LogP contribution in [-0.4, -0.2) is 6.04 Å². The maximum atomic E-state index is 3.86. The van der Waals surface area contributed by atoms with Crippen LogP contribution >= 0.6 is 0 Å². The average Bonchev–Trinajstić information content (AvgIpc) is 2.64. The highest BCUT2D eigenvalue weighted by Gasteiger charge is 2.19. The molecular formula is C24H27N. The van der Waals surface area contributed by atoms with Crippen LogP contribution in [-0.2, 0) is 0 Å². The van der Waals surface area contributed by atoms with Crippen LogP contribution in [0.5, 0.6) is 0 Å². The van der Waals surface area contributed by atoms with Crippen molar-refractivity contribution in [2.45, 2.75) is 39.2 Å². The highest BCUT2D eigenvalue weighted by molar-refractivity contribution is 5.67. The number of benzene rings is 2. The fourth-order valence-corrected chi connectivity index (χ4v) is 3.23. The fourth-order valence-electron chi connectivity index (χ4n) is 3.23. The Morgan fingerprint density at radius 1 is 1.00 bits per heavy atom. The summed E-state index contributed by atoms with van der Waals surface area (Å²) in [5, 5.41) is 0. The third-order valence-electron chi connectivity index (χ3n) is 4.84. The lowest BCUT2D eigenvalue weighted by atomic mass is 9.99. The molecule has 0 saturated heterocycles. The number of anilines is 2. The molecule has 1 aliphatic rings. The van der Waals surface area contributed by atoms with Crippen molar-refractivity contribution in [3.05, 3.63) is 90.0 Å². The Labute approximate surface area is 152 Å². The molecule has 128 valence electrons. The van der Waals surface area contributed by atoms with E-state index in [1.807, 2.05) is 6.08 Å². The number of nitrogens with zero attached hydrogens (tertiary/aromatic N) is 1. The molecule has 2 aromatic carbocycles. The van der Waals surface area contributed by atoms with Crippen molar-refractivity contribution in [3.8, 4) is 0 Å². The van der Waals surface area contributed by atoms with Crippen LogP contribution in [0.15, 0.2) is 78.9 Å². The second kappa shape index (κ2) is 7.57. The maximum Gasteiger partial charge on any atom is 0.0560 e. The molecular weight excluding hydrogens is 302 g/mol. The molecule has 1 atom stereocenters. The van der Waals surface area contributed by atoms with E-state index in [1.165, 1.54) is 22.5 Å². The molecule has 0 amide bonds. The van der Waals surface area contributed by atoms with Gasteiger partial charge in [0.15, 0.2) is 0 Å². The lowest BCUT2D eigenvalue weighted by molar-refractivity contribution is 0.778. The van der Waals surface area contributed by atoms with E-state index < -0.39 is 0 Å². The molecule has 2 aromatic rings. The van der Waals surface area contributed by atoms with Crippen molar-refractivity contribution in [1.82, 2.24) is 0 Å². The number of rotatable bonds is 5. The van der Waals surface area contributed by atoms with Crippen molar-refractivity contribution in [2.24, 2.45) is 0 Å². The molecule has 1 aliphatic carbocycles. The summed E-state index contributed by atoms with van der Waals surface area (Å²) in [4.78, 5) is 2.43. The normalized spacial score (nSPS) is 16.6. The molecule has 1 heteroatoms. The summed E-state index contributed by atoms with van der Waals surface area (Å²) >= 11 is 0. The predicted molar refractivity (Wildman–Crippen MR) is 111 cm³/mol. The zero-order valence-corrected chi connectivity index (χ0v) is 15.4. The molecule has 0 radical (unpaired) electrons. The van der Waals surface area contributed by atoms with Gasteiger partial charge < -0.3 is 4.90 Å². The second-order valence-electron chi connectivity index (χ2n) is 7.02. The van der Waals surface area contributed by atoms with Crippen molar-refractivity contribution in [1.29, 1.82) is 0 Å². The summed E-state index contributed by atoms with van der Waals surface area (Å²) < 4.78 is 0. The molecule has 25 heavy (non-hydrogen) atoms. The highest BCUT2D eigenvalue weighted by Crippen LogP contribution is 2.32. The van der Waals surface area contributed by atoms with E-state index in [-0.39, 0.29) is 0 Å². The van der Waals surface area contributed by atoms with Crippen LogP contribution in [0, 0.1) is 0 Å². The molecule has 0 bridgehead atoms. The zero-order valence-electron chi connectivity index (χ0n) is 15.4. The molecule has 3 rings (SSSR count). The molecule has 0 heterocycles. The molecule has 1 nitrogen and oxygen atoms in total. The van der Waals surface area contributed by atoms with Crippen LogP contribution in [0.4, 0.5) is 11.4 Å². The fraction of sp³-hybridized carbons (Fsp3) is 0.250. The smallest absolute Gasteiger partial charge is 0.0560 e. The first-order valence-electron chi connectivity index (χ1n) is 9.05. The first-order chi connectivity index (χ1) is 12.1. The number of hydrogen-bond donors (Lipinski definition) is 0. The van der Waals surface area contributed by atoms with Gasteiger partial charge in [0.2, 0.25) is 0 Å². The largest absolute Gasteiger partial charge is 0.334 e. The SMILES string of the molecule is C=Cc1ccc(N(c2ccc(C(C)C)cc2)C2C=CC(C)=CC2)cc1. The quantitative estimate of drug-likeness (QED) is 0.579. The lowest BCUT2D eigenvalue weighted by Gasteiger charge is -2.33. The molecule has 0 aromatic heterocycles. The minimum absolute atomic E-state index is 0.336. The summed E-state index contributed by atoms with van der Waals surface area (Å²) in [5.74, 6) is 0.550. The Morgan fingerprint density at radius 3 is 2.08 bits per heavy atom. The molecule has 0 aliphatic heterocycles. The highest BCUT2D eigenvalue weighted by atomic mass is 15.2. The molecule has 1 unspecified atom stereocenters. The van der Waals surface area contributed by atoms with E-state index in [9.17, 15) is 0 Å². The van der Waals surface area contributed by atoms with Crippen LogP contribution in [0.1, 0.15) is 44.2 Å². The number of allylic oxidation sites excluding steroid dienone is 2. The van der Waals surface area contributed by atoms with Crippen molar-refractivity contribution < 1.29 is 0 Å². The Balaban J connectivity index is 1.98. The summed E-state index contributed by atoms with van der Waals surface area (Å²) in [7, 11) is 0. The third kappa shape index (κ3) is 3.93. The minimum Gasteiger partial charge on any atom is -0.334 e. The second-order valence-corrected chi connectivity index (χ2v) is 7.02. The van der Waals surface area contributed by atoms with Gasteiger partial charge in [0, 0.05) is 11.4 Å². The Hall–Kier alpha value is -2.54.